The lowest BCUT2D eigenvalue weighted by Gasteiger charge is -2.53. The van der Waals surface area contributed by atoms with Crippen molar-refractivity contribution in [2.45, 2.75) is 297 Å². The highest BCUT2D eigenvalue weighted by Gasteiger charge is 2.60. The molecule has 1 amide bonds. The smallest absolute Gasteiger partial charge is 0.226 e. The van der Waals surface area contributed by atoms with Crippen LogP contribution in [0.4, 0.5) is 0 Å². The maximum Gasteiger partial charge on any atom is 0.226 e. The summed E-state index contributed by atoms with van der Waals surface area (Å²) < 4.78 is 0. The first kappa shape index (κ1) is 52.1. The van der Waals surface area contributed by atoms with E-state index in [9.17, 15) is 20.2 Å². The number of carbonyl (C=O) groups is 1. The first-order valence-electron chi connectivity index (χ1n) is 32.0. The average molecular weight is 1010 g/mol. The van der Waals surface area contributed by atoms with Crippen LogP contribution < -0.4 is 26.7 Å². The van der Waals surface area contributed by atoms with Crippen molar-refractivity contribution in [1.82, 2.24) is 26.7 Å². The zero-order chi connectivity index (χ0) is 49.6. The van der Waals surface area contributed by atoms with Gasteiger partial charge < -0.3 is 36.7 Å². The standard InChI is InChI=1S/C60H101N9O4/c1-2-34-12-6-7-15-42(34)53(69-73)47-32-35-20-30-45-43-16-8-10-18-49(43)63-54(45)51(35)56(58(47)70)67-65-40-26-22-38(23-27-40)61-39-24-28-41(29-25-39)66-68-57-52-36(21-31-46-44-17-9-11-19-50(44)64-55(46)52)33-48(59(57)71)60(72)62-37-13-4-3-5-14-37/h34-59,61,63-64,69-71,73H,2-33H2,1H3,(H,62,72). The van der Waals surface area contributed by atoms with Crippen LogP contribution in [0.25, 0.3) is 0 Å². The molecule has 0 aromatic rings. The summed E-state index contributed by atoms with van der Waals surface area (Å²) in [4.78, 5) is 14.0. The Kier molecular flexibility index (Phi) is 16.7. The van der Waals surface area contributed by atoms with Crippen LogP contribution in [0.1, 0.15) is 212 Å². The number of azo groups is 2. The van der Waals surface area contributed by atoms with Crippen LogP contribution in [-0.2, 0) is 4.79 Å². The normalized spacial score (nSPS) is 49.8. The van der Waals surface area contributed by atoms with E-state index in [1.807, 2.05) is 0 Å². The van der Waals surface area contributed by atoms with E-state index in [0.29, 0.717) is 77.7 Å². The number of nitrogens with one attached hydrogen (secondary N) is 5. The zero-order valence-corrected chi connectivity index (χ0v) is 45.2. The maximum atomic E-state index is 14.0. The molecule has 21 atom stereocenters. The maximum absolute atomic E-state index is 14.0. The van der Waals surface area contributed by atoms with Crippen LogP contribution >= 0.6 is 0 Å². The van der Waals surface area contributed by atoms with Gasteiger partial charge in [-0.2, -0.15) is 20.5 Å². The quantitative estimate of drug-likeness (QED) is 0.0701. The molecule has 2 saturated heterocycles. The fourth-order valence-corrected chi connectivity index (χ4v) is 20.4. The van der Waals surface area contributed by atoms with E-state index in [1.54, 1.807) is 0 Å². The fourth-order valence-electron chi connectivity index (χ4n) is 20.4. The second-order valence-electron chi connectivity index (χ2n) is 27.6. The minimum atomic E-state index is -0.782. The molecule has 21 unspecified atom stereocenters. The summed E-state index contributed by atoms with van der Waals surface area (Å²) in [6, 6.07) is 2.98. The van der Waals surface area contributed by atoms with E-state index >= 15 is 0 Å². The Labute approximate surface area is 439 Å². The van der Waals surface area contributed by atoms with Gasteiger partial charge in [0.1, 0.15) is 12.1 Å². The van der Waals surface area contributed by atoms with Crippen LogP contribution in [0, 0.1) is 71.0 Å². The number of hydrogen-bond acceptors (Lipinski definition) is 12. The van der Waals surface area contributed by atoms with Gasteiger partial charge in [-0.05, 0) is 182 Å². The van der Waals surface area contributed by atoms with Crippen LogP contribution in [0.15, 0.2) is 20.5 Å². The Morgan fingerprint density at radius 2 is 1.04 bits per heavy atom. The largest absolute Gasteiger partial charge is 0.390 e. The molecule has 0 aromatic heterocycles. The molecule has 10 saturated carbocycles. The highest BCUT2D eigenvalue weighted by molar-refractivity contribution is 5.80. The minimum absolute atomic E-state index is 0.00942. The number of carbonyl (C=O) groups excluding carboxylic acids is 1. The number of rotatable bonds is 12. The Hall–Kier alpha value is -1.61. The number of hydrogen-bond donors (Lipinski definition) is 8. The molecule has 8 N–H and O–H groups in total. The van der Waals surface area contributed by atoms with Gasteiger partial charge in [0.15, 0.2) is 0 Å². The summed E-state index contributed by atoms with van der Waals surface area (Å²) in [5, 5.41) is 72.6. The molecule has 13 nitrogen and oxygen atoms in total. The summed E-state index contributed by atoms with van der Waals surface area (Å²) in [5.74, 6) is 4.98. The lowest BCUT2D eigenvalue weighted by molar-refractivity contribution is -0.136. The molecule has 0 bridgehead atoms. The van der Waals surface area contributed by atoms with Gasteiger partial charge >= 0.3 is 0 Å². The van der Waals surface area contributed by atoms with Gasteiger partial charge in [-0.1, -0.05) is 77.6 Å². The van der Waals surface area contributed by atoms with E-state index in [0.717, 1.165) is 108 Å². The van der Waals surface area contributed by atoms with Crippen LogP contribution in [0.3, 0.4) is 0 Å². The number of hydroxylamine groups is 1. The molecule has 13 heteroatoms. The van der Waals surface area contributed by atoms with Crippen LogP contribution in [0.2, 0.25) is 0 Å². The molecule has 10 aliphatic carbocycles. The predicted molar refractivity (Wildman–Crippen MR) is 285 cm³/mol. The number of amides is 1. The van der Waals surface area contributed by atoms with Crippen molar-refractivity contribution in [3.63, 3.8) is 0 Å². The first-order chi connectivity index (χ1) is 35.8. The summed E-state index contributed by atoms with van der Waals surface area (Å²) in [7, 11) is 0. The van der Waals surface area contributed by atoms with Crippen molar-refractivity contribution in [3.05, 3.63) is 0 Å². The summed E-state index contributed by atoms with van der Waals surface area (Å²) in [6.07, 6.45) is 36.1. The lowest BCUT2D eigenvalue weighted by Crippen LogP contribution is -2.61. The molecule has 0 aromatic carbocycles. The van der Waals surface area contributed by atoms with Gasteiger partial charge in [-0.3, -0.25) is 4.79 Å². The van der Waals surface area contributed by atoms with Crippen LogP contribution in [-0.4, -0.2) is 106 Å². The number of aliphatic hydroxyl groups is 2. The Balaban J connectivity index is 0.669. The molecule has 12 fully saturated rings. The van der Waals surface area contributed by atoms with E-state index in [1.165, 1.54) is 109 Å². The van der Waals surface area contributed by atoms with Crippen molar-refractivity contribution < 1.29 is 20.2 Å². The van der Waals surface area contributed by atoms with E-state index in [-0.39, 0.29) is 54.0 Å². The molecular weight excluding hydrogens is 911 g/mol. The van der Waals surface area contributed by atoms with Crippen molar-refractivity contribution in [2.24, 2.45) is 91.5 Å². The van der Waals surface area contributed by atoms with Crippen molar-refractivity contribution in [3.8, 4) is 0 Å². The molecular formula is C60H101N9O4. The van der Waals surface area contributed by atoms with Gasteiger partial charge in [0, 0.05) is 66.1 Å². The predicted octanol–water partition coefficient (Wildman–Crippen LogP) is 9.96. The second kappa shape index (κ2) is 23.4. The molecule has 12 aliphatic rings. The monoisotopic (exact) mass is 1010 g/mol. The first-order valence-corrected chi connectivity index (χ1v) is 32.0. The van der Waals surface area contributed by atoms with Crippen molar-refractivity contribution >= 4 is 5.91 Å². The molecule has 12 rings (SSSR count). The second-order valence-corrected chi connectivity index (χ2v) is 27.6. The zero-order valence-electron chi connectivity index (χ0n) is 45.2. The minimum Gasteiger partial charge on any atom is -0.390 e. The summed E-state index contributed by atoms with van der Waals surface area (Å²) in [6.45, 7) is 2.31. The topological polar surface area (TPSA) is 187 Å². The van der Waals surface area contributed by atoms with E-state index in [4.69, 9.17) is 20.5 Å². The summed E-state index contributed by atoms with van der Waals surface area (Å²) >= 11 is 0. The van der Waals surface area contributed by atoms with E-state index < -0.39 is 18.1 Å². The highest BCUT2D eigenvalue weighted by Crippen LogP contribution is 2.56. The summed E-state index contributed by atoms with van der Waals surface area (Å²) in [5.41, 5.74) is 2.86. The Morgan fingerprint density at radius 3 is 1.62 bits per heavy atom. The van der Waals surface area contributed by atoms with Crippen molar-refractivity contribution in [1.29, 1.82) is 0 Å². The SMILES string of the molecule is CCC1CCCCC1C(NO)C1CC2CCC3C4CCCCC4NC3C2C(N=NC2CCC(NC3CCC(N=NC4C(O)C(C(=O)NC5CCCCC5)CC5CCC6C7CCCCC7NC6C54)CC3)CC2)C1O. The van der Waals surface area contributed by atoms with E-state index in [2.05, 4.69) is 33.7 Å². The molecule has 0 radical (unpaired) electrons. The lowest BCUT2D eigenvalue weighted by atomic mass is 9.56. The molecule has 2 heterocycles. The molecule has 0 spiro atoms. The molecule has 2 aliphatic heterocycles. The van der Waals surface area contributed by atoms with Gasteiger partial charge in [-0.25, -0.2) is 5.48 Å². The van der Waals surface area contributed by atoms with Crippen LogP contribution in [0.5, 0.6) is 0 Å². The highest BCUT2D eigenvalue weighted by atomic mass is 16.5. The fraction of sp³-hybridized carbons (Fsp3) is 0.983. The molecule has 73 heavy (non-hydrogen) atoms. The van der Waals surface area contributed by atoms with Gasteiger partial charge in [-0.15, -0.1) is 0 Å². The third kappa shape index (κ3) is 10.7. The number of nitrogens with zero attached hydrogens (tertiary/aromatic N) is 4. The Bertz CT molecular complexity index is 1870. The molecule has 410 valence electrons. The average Bonchev–Trinajstić information content (AvgIpc) is 4.01. The van der Waals surface area contributed by atoms with Gasteiger partial charge in [0.05, 0.1) is 30.2 Å². The van der Waals surface area contributed by atoms with Crippen molar-refractivity contribution in [2.75, 3.05) is 0 Å². The third-order valence-corrected chi connectivity index (χ3v) is 24.0. The van der Waals surface area contributed by atoms with Gasteiger partial charge in [0.25, 0.3) is 0 Å². The Morgan fingerprint density at radius 1 is 0.521 bits per heavy atom. The number of fused-ring (bicyclic) bond motifs is 10. The number of aliphatic hydroxyl groups excluding tert-OH is 2. The third-order valence-electron chi connectivity index (χ3n) is 24.0. The van der Waals surface area contributed by atoms with Gasteiger partial charge in [0.2, 0.25) is 5.91 Å².